The minimum atomic E-state index is -0.514. The SMILES string of the molecule is C[C@H](c1ccc(F)cc1)N1CCC[C@@H](c2cc(C(N)=O)n[nH]2)C1. The van der Waals surface area contributed by atoms with Crippen molar-refractivity contribution >= 4 is 5.91 Å². The van der Waals surface area contributed by atoms with E-state index in [1.165, 1.54) is 12.1 Å². The number of nitrogens with zero attached hydrogens (tertiary/aromatic N) is 2. The molecule has 2 atom stereocenters. The van der Waals surface area contributed by atoms with E-state index < -0.39 is 5.91 Å². The van der Waals surface area contributed by atoms with E-state index in [0.29, 0.717) is 5.92 Å². The van der Waals surface area contributed by atoms with Gasteiger partial charge in [0.25, 0.3) is 5.91 Å². The third kappa shape index (κ3) is 3.42. The van der Waals surface area contributed by atoms with Gasteiger partial charge in [-0.05, 0) is 50.1 Å². The fraction of sp³-hybridized carbons (Fsp3) is 0.412. The summed E-state index contributed by atoms with van der Waals surface area (Å²) < 4.78 is 13.1. The fourth-order valence-corrected chi connectivity index (χ4v) is 3.24. The number of halogens is 1. The molecule has 6 heteroatoms. The first-order valence-corrected chi connectivity index (χ1v) is 7.89. The Labute approximate surface area is 134 Å². The van der Waals surface area contributed by atoms with Gasteiger partial charge in [0, 0.05) is 24.2 Å². The average molecular weight is 316 g/mol. The zero-order valence-corrected chi connectivity index (χ0v) is 13.1. The number of hydrogen-bond donors (Lipinski definition) is 2. The van der Waals surface area contributed by atoms with Crippen molar-refractivity contribution in [2.75, 3.05) is 13.1 Å². The Morgan fingerprint density at radius 1 is 1.43 bits per heavy atom. The maximum absolute atomic E-state index is 13.1. The number of amides is 1. The second-order valence-corrected chi connectivity index (χ2v) is 6.13. The first kappa shape index (κ1) is 15.7. The number of H-pyrrole nitrogens is 1. The van der Waals surface area contributed by atoms with Gasteiger partial charge in [-0.2, -0.15) is 5.10 Å². The lowest BCUT2D eigenvalue weighted by atomic mass is 9.92. The van der Waals surface area contributed by atoms with Gasteiger partial charge in [0.1, 0.15) is 11.5 Å². The van der Waals surface area contributed by atoms with Crippen LogP contribution in [-0.4, -0.2) is 34.1 Å². The third-order valence-electron chi connectivity index (χ3n) is 4.64. The van der Waals surface area contributed by atoms with E-state index in [-0.39, 0.29) is 17.6 Å². The number of nitrogens with one attached hydrogen (secondary N) is 1. The van der Waals surface area contributed by atoms with Crippen LogP contribution >= 0.6 is 0 Å². The summed E-state index contributed by atoms with van der Waals surface area (Å²) in [4.78, 5) is 13.6. The van der Waals surface area contributed by atoms with Gasteiger partial charge in [-0.1, -0.05) is 12.1 Å². The summed E-state index contributed by atoms with van der Waals surface area (Å²) in [6.45, 7) is 4.02. The largest absolute Gasteiger partial charge is 0.364 e. The molecule has 23 heavy (non-hydrogen) atoms. The van der Waals surface area contributed by atoms with Gasteiger partial charge < -0.3 is 5.73 Å². The summed E-state index contributed by atoms with van der Waals surface area (Å²) in [5.41, 5.74) is 7.60. The maximum atomic E-state index is 13.1. The summed E-state index contributed by atoms with van der Waals surface area (Å²) in [6, 6.07) is 8.65. The zero-order chi connectivity index (χ0) is 16.4. The molecule has 1 aliphatic rings. The number of rotatable bonds is 4. The summed E-state index contributed by atoms with van der Waals surface area (Å²) in [7, 11) is 0. The van der Waals surface area contributed by atoms with Crippen molar-refractivity contribution in [2.45, 2.75) is 31.7 Å². The van der Waals surface area contributed by atoms with Crippen LogP contribution in [0.4, 0.5) is 4.39 Å². The van der Waals surface area contributed by atoms with E-state index in [2.05, 4.69) is 22.0 Å². The maximum Gasteiger partial charge on any atom is 0.269 e. The zero-order valence-electron chi connectivity index (χ0n) is 13.1. The predicted molar refractivity (Wildman–Crippen MR) is 85.5 cm³/mol. The van der Waals surface area contributed by atoms with Crippen molar-refractivity contribution in [2.24, 2.45) is 5.73 Å². The number of nitrogens with two attached hydrogens (primary N) is 1. The summed E-state index contributed by atoms with van der Waals surface area (Å²) in [5, 5.41) is 6.91. The first-order valence-electron chi connectivity index (χ1n) is 7.89. The van der Waals surface area contributed by atoms with Gasteiger partial charge >= 0.3 is 0 Å². The van der Waals surface area contributed by atoms with Crippen LogP contribution in [0.2, 0.25) is 0 Å². The molecule has 1 aliphatic heterocycles. The lowest BCUT2D eigenvalue weighted by Crippen LogP contribution is -2.36. The highest BCUT2D eigenvalue weighted by Gasteiger charge is 2.26. The molecule has 2 heterocycles. The molecule has 0 spiro atoms. The topological polar surface area (TPSA) is 75.0 Å². The molecular weight excluding hydrogens is 295 g/mol. The standard InChI is InChI=1S/C17H21FN4O/c1-11(12-4-6-14(18)7-5-12)22-8-2-3-13(10-22)15-9-16(17(19)23)21-20-15/h4-7,9,11,13H,2-3,8,10H2,1H3,(H2,19,23)(H,20,21)/t11-,13-/m1/s1. The van der Waals surface area contributed by atoms with Crippen LogP contribution < -0.4 is 5.73 Å². The Morgan fingerprint density at radius 3 is 2.83 bits per heavy atom. The van der Waals surface area contributed by atoms with E-state index >= 15 is 0 Å². The van der Waals surface area contributed by atoms with E-state index in [1.807, 2.05) is 12.1 Å². The number of benzene rings is 1. The highest BCUT2D eigenvalue weighted by Crippen LogP contribution is 2.31. The van der Waals surface area contributed by atoms with Gasteiger partial charge in [-0.25, -0.2) is 4.39 Å². The van der Waals surface area contributed by atoms with Crippen LogP contribution in [0.15, 0.2) is 30.3 Å². The van der Waals surface area contributed by atoms with Crippen molar-refractivity contribution in [3.63, 3.8) is 0 Å². The Kier molecular flexibility index (Phi) is 4.43. The number of aromatic amines is 1. The van der Waals surface area contributed by atoms with Crippen molar-refractivity contribution in [3.8, 4) is 0 Å². The van der Waals surface area contributed by atoms with Crippen LogP contribution in [0.25, 0.3) is 0 Å². The molecule has 1 aromatic carbocycles. The van der Waals surface area contributed by atoms with Gasteiger partial charge in [0.15, 0.2) is 0 Å². The number of piperidine rings is 1. The molecule has 1 amide bonds. The van der Waals surface area contributed by atoms with Crippen LogP contribution in [0.3, 0.4) is 0 Å². The van der Waals surface area contributed by atoms with Crippen molar-refractivity contribution in [3.05, 3.63) is 53.1 Å². The van der Waals surface area contributed by atoms with Gasteiger partial charge in [-0.15, -0.1) is 0 Å². The number of primary amides is 1. The average Bonchev–Trinajstić information content (AvgIpc) is 3.05. The van der Waals surface area contributed by atoms with Gasteiger partial charge in [-0.3, -0.25) is 14.8 Å². The van der Waals surface area contributed by atoms with Crippen molar-refractivity contribution < 1.29 is 9.18 Å². The van der Waals surface area contributed by atoms with Crippen LogP contribution in [0.5, 0.6) is 0 Å². The smallest absolute Gasteiger partial charge is 0.269 e. The molecular formula is C17H21FN4O. The molecule has 3 N–H and O–H groups in total. The van der Waals surface area contributed by atoms with E-state index in [0.717, 1.165) is 37.2 Å². The molecule has 0 bridgehead atoms. The van der Waals surface area contributed by atoms with E-state index in [9.17, 15) is 9.18 Å². The van der Waals surface area contributed by atoms with Crippen molar-refractivity contribution in [1.29, 1.82) is 0 Å². The minimum absolute atomic E-state index is 0.214. The Hall–Kier alpha value is -2.21. The number of carbonyl (C=O) groups excluding carboxylic acids is 1. The van der Waals surface area contributed by atoms with Gasteiger partial charge in [0.05, 0.1) is 0 Å². The van der Waals surface area contributed by atoms with Crippen molar-refractivity contribution in [1.82, 2.24) is 15.1 Å². The lowest BCUT2D eigenvalue weighted by molar-refractivity contribution is 0.0995. The number of aromatic nitrogens is 2. The molecule has 1 fully saturated rings. The fourth-order valence-electron chi connectivity index (χ4n) is 3.24. The molecule has 0 aliphatic carbocycles. The monoisotopic (exact) mass is 316 g/mol. The number of carbonyl (C=O) groups is 1. The second kappa shape index (κ2) is 6.50. The third-order valence-corrected chi connectivity index (χ3v) is 4.64. The molecule has 0 unspecified atom stereocenters. The lowest BCUT2D eigenvalue weighted by Gasteiger charge is -2.36. The highest BCUT2D eigenvalue weighted by molar-refractivity contribution is 5.90. The normalized spacial score (nSPS) is 20.3. The van der Waals surface area contributed by atoms with Crippen LogP contribution in [0.1, 0.15) is 53.5 Å². The molecule has 5 nitrogen and oxygen atoms in total. The Morgan fingerprint density at radius 2 is 2.17 bits per heavy atom. The molecule has 0 radical (unpaired) electrons. The minimum Gasteiger partial charge on any atom is -0.364 e. The van der Waals surface area contributed by atoms with Gasteiger partial charge in [0.2, 0.25) is 0 Å². The molecule has 1 aromatic heterocycles. The van der Waals surface area contributed by atoms with E-state index in [1.54, 1.807) is 6.07 Å². The Bertz CT molecular complexity index is 682. The van der Waals surface area contributed by atoms with Crippen LogP contribution in [0, 0.1) is 5.82 Å². The Balaban J connectivity index is 1.72. The van der Waals surface area contributed by atoms with E-state index in [4.69, 9.17) is 5.73 Å². The quantitative estimate of drug-likeness (QED) is 0.910. The highest BCUT2D eigenvalue weighted by atomic mass is 19.1. The summed E-state index contributed by atoms with van der Waals surface area (Å²) in [5.74, 6) is -0.430. The molecule has 2 aromatic rings. The number of hydrogen-bond acceptors (Lipinski definition) is 3. The summed E-state index contributed by atoms with van der Waals surface area (Å²) >= 11 is 0. The predicted octanol–water partition coefficient (Wildman–Crippen LogP) is 2.59. The first-order chi connectivity index (χ1) is 11.0. The molecule has 1 saturated heterocycles. The molecule has 122 valence electrons. The molecule has 3 rings (SSSR count). The number of likely N-dealkylation sites (tertiary alicyclic amines) is 1. The molecule has 0 saturated carbocycles. The van der Waals surface area contributed by atoms with Crippen LogP contribution in [-0.2, 0) is 0 Å². The summed E-state index contributed by atoms with van der Waals surface area (Å²) in [6.07, 6.45) is 2.12. The second-order valence-electron chi connectivity index (χ2n) is 6.13.